The highest BCUT2D eigenvalue weighted by Crippen LogP contribution is 2.30. The van der Waals surface area contributed by atoms with Crippen molar-refractivity contribution in [2.45, 2.75) is 13.3 Å². The molecule has 0 aromatic carbocycles. The Bertz CT molecular complexity index is 356. The molecule has 1 heterocycles. The molecule has 0 atom stereocenters. The van der Waals surface area contributed by atoms with Crippen LogP contribution in [0, 0.1) is 10.5 Å². The van der Waals surface area contributed by atoms with E-state index in [1.54, 1.807) is 0 Å². The minimum atomic E-state index is -4.74. The van der Waals surface area contributed by atoms with Gasteiger partial charge in [0.25, 0.3) is 0 Å². The van der Waals surface area contributed by atoms with Crippen LogP contribution < -0.4 is 4.74 Å². The molecule has 0 N–H and O–H groups in total. The summed E-state index contributed by atoms with van der Waals surface area (Å²) in [5.74, 6) is -0.511. The standard InChI is InChI=1S/C7H4ClF3INO/c1-3-5(8)4(12)2-13-6(3)14-7(9,10)11/h2H,1H3. The lowest BCUT2D eigenvalue weighted by molar-refractivity contribution is -0.276. The molecule has 0 amide bonds. The number of rotatable bonds is 1. The summed E-state index contributed by atoms with van der Waals surface area (Å²) < 4.78 is 39.8. The molecule has 0 aliphatic heterocycles. The first-order chi connectivity index (χ1) is 6.31. The van der Waals surface area contributed by atoms with E-state index in [2.05, 4.69) is 9.72 Å². The van der Waals surface area contributed by atoms with E-state index in [0.29, 0.717) is 3.57 Å². The van der Waals surface area contributed by atoms with Crippen molar-refractivity contribution in [1.82, 2.24) is 4.98 Å². The van der Waals surface area contributed by atoms with Crippen molar-refractivity contribution < 1.29 is 17.9 Å². The van der Waals surface area contributed by atoms with Gasteiger partial charge in [-0.1, -0.05) is 11.6 Å². The van der Waals surface area contributed by atoms with Gasteiger partial charge in [-0.15, -0.1) is 13.2 Å². The van der Waals surface area contributed by atoms with Gasteiger partial charge in [0, 0.05) is 11.8 Å². The van der Waals surface area contributed by atoms with Crippen molar-refractivity contribution in [3.63, 3.8) is 0 Å². The van der Waals surface area contributed by atoms with Crippen LogP contribution in [0.25, 0.3) is 0 Å². The van der Waals surface area contributed by atoms with Crippen molar-refractivity contribution in [2.24, 2.45) is 0 Å². The quantitative estimate of drug-likeness (QED) is 0.731. The zero-order valence-electron chi connectivity index (χ0n) is 6.82. The molecule has 1 rings (SSSR count). The molecule has 0 saturated carbocycles. The Hall–Kier alpha value is -0.240. The van der Waals surface area contributed by atoms with Crippen LogP contribution in [0.5, 0.6) is 5.88 Å². The van der Waals surface area contributed by atoms with E-state index < -0.39 is 12.2 Å². The largest absolute Gasteiger partial charge is 0.574 e. The molecule has 0 radical (unpaired) electrons. The van der Waals surface area contributed by atoms with E-state index in [1.807, 2.05) is 22.6 Å². The zero-order chi connectivity index (χ0) is 10.9. The monoisotopic (exact) mass is 337 g/mol. The average molecular weight is 337 g/mol. The van der Waals surface area contributed by atoms with E-state index in [-0.39, 0.29) is 10.6 Å². The minimum Gasteiger partial charge on any atom is -0.388 e. The maximum absolute atomic E-state index is 11.8. The Morgan fingerprint density at radius 2 is 2.07 bits per heavy atom. The molecule has 1 aromatic rings. The second kappa shape index (κ2) is 4.09. The van der Waals surface area contributed by atoms with Gasteiger partial charge in [-0.2, -0.15) is 0 Å². The third-order valence-corrected chi connectivity index (χ3v) is 2.99. The van der Waals surface area contributed by atoms with E-state index in [9.17, 15) is 13.2 Å². The van der Waals surface area contributed by atoms with Crippen molar-refractivity contribution in [1.29, 1.82) is 0 Å². The molecule has 0 unspecified atom stereocenters. The number of ether oxygens (including phenoxy) is 1. The first-order valence-electron chi connectivity index (χ1n) is 3.37. The lowest BCUT2D eigenvalue weighted by Crippen LogP contribution is -2.18. The Morgan fingerprint density at radius 1 is 1.50 bits per heavy atom. The second-order valence-corrected chi connectivity index (χ2v) is 3.94. The van der Waals surface area contributed by atoms with E-state index >= 15 is 0 Å². The first-order valence-corrected chi connectivity index (χ1v) is 4.83. The lowest BCUT2D eigenvalue weighted by Gasteiger charge is -2.11. The fourth-order valence-electron chi connectivity index (χ4n) is 0.754. The maximum atomic E-state index is 11.8. The molecule has 0 fully saturated rings. The predicted octanol–water partition coefficient (Wildman–Crippen LogP) is 3.55. The summed E-state index contributed by atoms with van der Waals surface area (Å²) >= 11 is 7.59. The SMILES string of the molecule is Cc1c(OC(F)(F)F)ncc(I)c1Cl. The van der Waals surface area contributed by atoms with Crippen LogP contribution in [-0.4, -0.2) is 11.3 Å². The Balaban J connectivity index is 3.06. The number of hydrogen-bond acceptors (Lipinski definition) is 2. The van der Waals surface area contributed by atoms with Crippen LogP contribution in [0.1, 0.15) is 5.56 Å². The molecule has 0 spiro atoms. The number of aromatic nitrogens is 1. The summed E-state index contributed by atoms with van der Waals surface area (Å²) in [7, 11) is 0. The van der Waals surface area contributed by atoms with Gasteiger partial charge in [-0.25, -0.2) is 4.98 Å². The summed E-state index contributed by atoms with van der Waals surface area (Å²) in [5.41, 5.74) is 0.177. The molecule has 0 aliphatic carbocycles. The van der Waals surface area contributed by atoms with E-state index in [0.717, 1.165) is 0 Å². The predicted molar refractivity (Wildman–Crippen MR) is 53.4 cm³/mol. The Morgan fingerprint density at radius 3 is 2.57 bits per heavy atom. The molecule has 0 saturated heterocycles. The average Bonchev–Trinajstić information content (AvgIpc) is 2.04. The highest BCUT2D eigenvalue weighted by atomic mass is 127. The lowest BCUT2D eigenvalue weighted by atomic mass is 10.3. The summed E-state index contributed by atoms with van der Waals surface area (Å²) in [5, 5.41) is 0.222. The van der Waals surface area contributed by atoms with Gasteiger partial charge >= 0.3 is 6.36 Å². The summed E-state index contributed by atoms with van der Waals surface area (Å²) in [6.07, 6.45) is -3.52. The first kappa shape index (κ1) is 11.8. The molecule has 7 heteroatoms. The smallest absolute Gasteiger partial charge is 0.388 e. The molecule has 2 nitrogen and oxygen atoms in total. The Labute approximate surface area is 96.6 Å². The van der Waals surface area contributed by atoms with Crippen LogP contribution in [0.15, 0.2) is 6.20 Å². The number of pyridine rings is 1. The van der Waals surface area contributed by atoms with Crippen molar-refractivity contribution >= 4 is 34.2 Å². The number of hydrogen-bond donors (Lipinski definition) is 0. The topological polar surface area (TPSA) is 22.1 Å². The van der Waals surface area contributed by atoms with Gasteiger partial charge in [-0.3, -0.25) is 0 Å². The van der Waals surface area contributed by atoms with Crippen molar-refractivity contribution in [3.05, 3.63) is 20.4 Å². The van der Waals surface area contributed by atoms with E-state index in [1.165, 1.54) is 13.1 Å². The molecule has 0 aliphatic rings. The number of nitrogens with zero attached hydrogens (tertiary/aromatic N) is 1. The maximum Gasteiger partial charge on any atom is 0.574 e. The summed E-state index contributed by atoms with van der Waals surface area (Å²) in [6.45, 7) is 1.42. The van der Waals surface area contributed by atoms with Gasteiger partial charge in [0.2, 0.25) is 5.88 Å². The van der Waals surface area contributed by atoms with Crippen molar-refractivity contribution in [2.75, 3.05) is 0 Å². The van der Waals surface area contributed by atoms with Crippen LogP contribution in [0.2, 0.25) is 5.02 Å². The van der Waals surface area contributed by atoms with Gasteiger partial charge < -0.3 is 4.74 Å². The Kier molecular flexibility index (Phi) is 3.46. The summed E-state index contributed by atoms with van der Waals surface area (Å²) in [4.78, 5) is 3.49. The number of alkyl halides is 3. The van der Waals surface area contributed by atoms with Gasteiger partial charge in [0.1, 0.15) is 0 Å². The van der Waals surface area contributed by atoms with Gasteiger partial charge in [0.05, 0.1) is 8.59 Å². The van der Waals surface area contributed by atoms with Crippen LogP contribution in [-0.2, 0) is 0 Å². The van der Waals surface area contributed by atoms with Gasteiger partial charge in [0.15, 0.2) is 0 Å². The third-order valence-electron chi connectivity index (χ3n) is 1.37. The molecule has 1 aromatic heterocycles. The second-order valence-electron chi connectivity index (χ2n) is 2.40. The molecule has 14 heavy (non-hydrogen) atoms. The van der Waals surface area contributed by atoms with Crippen molar-refractivity contribution in [3.8, 4) is 5.88 Å². The molecular formula is C7H4ClF3INO. The van der Waals surface area contributed by atoms with Gasteiger partial charge in [-0.05, 0) is 29.5 Å². The third kappa shape index (κ3) is 2.88. The summed E-state index contributed by atoms with van der Waals surface area (Å²) in [6, 6.07) is 0. The zero-order valence-corrected chi connectivity index (χ0v) is 9.74. The van der Waals surface area contributed by atoms with Crippen LogP contribution >= 0.6 is 34.2 Å². The fourth-order valence-corrected chi connectivity index (χ4v) is 1.43. The highest BCUT2D eigenvalue weighted by molar-refractivity contribution is 14.1. The minimum absolute atomic E-state index is 0.177. The molecular weight excluding hydrogens is 333 g/mol. The molecule has 0 bridgehead atoms. The normalized spacial score (nSPS) is 11.6. The fraction of sp³-hybridized carbons (Fsp3) is 0.286. The molecule has 78 valence electrons. The van der Waals surface area contributed by atoms with Crippen LogP contribution in [0.3, 0.4) is 0 Å². The number of halogens is 5. The van der Waals surface area contributed by atoms with E-state index in [4.69, 9.17) is 11.6 Å². The highest BCUT2D eigenvalue weighted by Gasteiger charge is 2.32. The van der Waals surface area contributed by atoms with Crippen LogP contribution in [0.4, 0.5) is 13.2 Å².